The van der Waals surface area contributed by atoms with Gasteiger partial charge in [0.15, 0.2) is 0 Å². The van der Waals surface area contributed by atoms with Crippen molar-refractivity contribution in [1.82, 2.24) is 0 Å². The van der Waals surface area contributed by atoms with Crippen molar-refractivity contribution >= 4 is 0 Å². The molecule has 90 valence electrons. The average Bonchev–Trinajstić information content (AvgIpc) is 2.19. The molecule has 0 bridgehead atoms. The molecule has 0 unspecified atom stereocenters. The van der Waals surface area contributed by atoms with Crippen LogP contribution in [0.15, 0.2) is 12.7 Å². The van der Waals surface area contributed by atoms with E-state index >= 15 is 0 Å². The number of unbranched alkanes of at least 4 members (excludes halogenated alkanes) is 2. The van der Waals surface area contributed by atoms with Gasteiger partial charge >= 0.3 is 0 Å². The van der Waals surface area contributed by atoms with E-state index in [0.29, 0.717) is 5.41 Å². The van der Waals surface area contributed by atoms with Gasteiger partial charge in [-0.25, -0.2) is 0 Å². The fraction of sp³-hybridized carbons (Fsp3) is 0.867. The van der Waals surface area contributed by atoms with Crippen molar-refractivity contribution in [2.45, 2.75) is 78.6 Å². The number of allylic oxidation sites excluding steroid dienone is 1. The van der Waals surface area contributed by atoms with Crippen LogP contribution in [0.4, 0.5) is 0 Å². The van der Waals surface area contributed by atoms with E-state index in [9.17, 15) is 0 Å². The minimum Gasteiger partial charge on any atom is -0.103 e. The summed E-state index contributed by atoms with van der Waals surface area (Å²) in [6.07, 6.45) is 14.3. The van der Waals surface area contributed by atoms with Gasteiger partial charge in [-0.2, -0.15) is 0 Å². The maximum Gasteiger partial charge on any atom is -0.0263 e. The van der Waals surface area contributed by atoms with Crippen molar-refractivity contribution in [2.75, 3.05) is 0 Å². The van der Waals surface area contributed by atoms with Crippen LogP contribution in [0.1, 0.15) is 78.6 Å². The third-order valence-electron chi connectivity index (χ3n) is 3.45. The molecule has 0 aromatic heterocycles. The second kappa shape index (κ2) is 9.00. The topological polar surface area (TPSA) is 0 Å². The third kappa shape index (κ3) is 6.02. The Morgan fingerprint density at radius 1 is 0.867 bits per heavy atom. The van der Waals surface area contributed by atoms with Gasteiger partial charge in [-0.3, -0.25) is 0 Å². The first-order chi connectivity index (χ1) is 7.24. The monoisotopic (exact) mass is 210 g/mol. The van der Waals surface area contributed by atoms with Crippen LogP contribution in [-0.4, -0.2) is 0 Å². The van der Waals surface area contributed by atoms with E-state index in [-0.39, 0.29) is 0 Å². The molecule has 0 radical (unpaired) electrons. The molecule has 0 aromatic rings. The highest BCUT2D eigenvalue weighted by molar-refractivity contribution is 4.86. The Kier molecular flexibility index (Phi) is 8.85. The van der Waals surface area contributed by atoms with Crippen LogP contribution in [0.2, 0.25) is 0 Å². The Hall–Kier alpha value is -0.260. The minimum atomic E-state index is 0.584. The number of hydrogen-bond acceptors (Lipinski definition) is 0. The first-order valence-corrected chi connectivity index (χ1v) is 6.85. The van der Waals surface area contributed by atoms with Gasteiger partial charge in [-0.1, -0.05) is 59.0 Å². The average molecular weight is 210 g/mol. The summed E-state index contributed by atoms with van der Waals surface area (Å²) in [6.45, 7) is 10.9. The van der Waals surface area contributed by atoms with E-state index in [1.54, 1.807) is 0 Å². The van der Waals surface area contributed by atoms with Crippen molar-refractivity contribution in [3.8, 4) is 0 Å². The predicted octanol–water partition coefficient (Wildman–Crippen LogP) is 5.73. The van der Waals surface area contributed by atoms with Gasteiger partial charge in [0.25, 0.3) is 0 Å². The standard InChI is InChI=1S/C15H30/c1-5-9-10-14-15(11-6-2,12-7-3)13-8-4/h6H,2,5,7-14H2,1,3-4H3. The highest BCUT2D eigenvalue weighted by atomic mass is 14.3. The summed E-state index contributed by atoms with van der Waals surface area (Å²) in [5.41, 5.74) is 0.584. The molecule has 0 heterocycles. The molecule has 0 spiro atoms. The molecular weight excluding hydrogens is 180 g/mol. The number of hydrogen-bond donors (Lipinski definition) is 0. The molecule has 0 aliphatic heterocycles. The summed E-state index contributed by atoms with van der Waals surface area (Å²) in [4.78, 5) is 0. The van der Waals surface area contributed by atoms with E-state index in [1.165, 1.54) is 57.8 Å². The zero-order valence-corrected chi connectivity index (χ0v) is 11.1. The maximum absolute atomic E-state index is 3.94. The molecule has 0 heteroatoms. The van der Waals surface area contributed by atoms with Crippen LogP contribution >= 0.6 is 0 Å². The van der Waals surface area contributed by atoms with Crippen LogP contribution in [0, 0.1) is 5.41 Å². The van der Waals surface area contributed by atoms with E-state index in [1.807, 2.05) is 0 Å². The first-order valence-electron chi connectivity index (χ1n) is 6.85. The summed E-state index contributed by atoms with van der Waals surface area (Å²) in [6, 6.07) is 0. The van der Waals surface area contributed by atoms with Crippen molar-refractivity contribution in [1.29, 1.82) is 0 Å². The summed E-state index contributed by atoms with van der Waals surface area (Å²) >= 11 is 0. The molecule has 0 nitrogen and oxygen atoms in total. The molecule has 0 aliphatic rings. The van der Waals surface area contributed by atoms with E-state index < -0.39 is 0 Å². The summed E-state index contributed by atoms with van der Waals surface area (Å²) < 4.78 is 0. The quantitative estimate of drug-likeness (QED) is 0.319. The van der Waals surface area contributed by atoms with Gasteiger partial charge in [-0.05, 0) is 31.1 Å². The predicted molar refractivity (Wildman–Crippen MR) is 71.2 cm³/mol. The largest absolute Gasteiger partial charge is 0.103 e. The van der Waals surface area contributed by atoms with Gasteiger partial charge in [0.2, 0.25) is 0 Å². The molecular formula is C15H30. The van der Waals surface area contributed by atoms with Crippen LogP contribution in [0.5, 0.6) is 0 Å². The Labute approximate surface area is 97.2 Å². The van der Waals surface area contributed by atoms with Crippen molar-refractivity contribution in [3.05, 3.63) is 12.7 Å². The van der Waals surface area contributed by atoms with Gasteiger partial charge in [-0.15, -0.1) is 6.58 Å². The Morgan fingerprint density at radius 2 is 1.47 bits per heavy atom. The van der Waals surface area contributed by atoms with Crippen molar-refractivity contribution in [2.24, 2.45) is 5.41 Å². The first kappa shape index (κ1) is 14.7. The molecule has 15 heavy (non-hydrogen) atoms. The normalized spacial score (nSPS) is 11.7. The maximum atomic E-state index is 3.94. The van der Waals surface area contributed by atoms with E-state index in [2.05, 4.69) is 33.4 Å². The summed E-state index contributed by atoms with van der Waals surface area (Å²) in [7, 11) is 0. The molecule has 0 aromatic carbocycles. The molecule has 0 N–H and O–H groups in total. The van der Waals surface area contributed by atoms with Gasteiger partial charge < -0.3 is 0 Å². The fourth-order valence-corrected chi connectivity index (χ4v) is 2.80. The van der Waals surface area contributed by atoms with E-state index in [4.69, 9.17) is 0 Å². The zero-order valence-electron chi connectivity index (χ0n) is 11.1. The third-order valence-corrected chi connectivity index (χ3v) is 3.45. The molecule has 0 atom stereocenters. The van der Waals surface area contributed by atoms with Crippen LogP contribution in [0.3, 0.4) is 0 Å². The van der Waals surface area contributed by atoms with Gasteiger partial charge in [0, 0.05) is 0 Å². The zero-order chi connectivity index (χ0) is 11.6. The second-order valence-electron chi connectivity index (χ2n) is 4.95. The lowest BCUT2D eigenvalue weighted by molar-refractivity contribution is 0.209. The summed E-state index contributed by atoms with van der Waals surface area (Å²) in [5, 5.41) is 0. The molecule has 0 aliphatic carbocycles. The lowest BCUT2D eigenvalue weighted by Crippen LogP contribution is -2.19. The van der Waals surface area contributed by atoms with Crippen LogP contribution in [-0.2, 0) is 0 Å². The lowest BCUT2D eigenvalue weighted by Gasteiger charge is -2.33. The minimum absolute atomic E-state index is 0.584. The van der Waals surface area contributed by atoms with Crippen molar-refractivity contribution in [3.63, 3.8) is 0 Å². The Balaban J connectivity index is 4.24. The highest BCUT2D eigenvalue weighted by Gasteiger charge is 2.25. The molecule has 0 amide bonds. The lowest BCUT2D eigenvalue weighted by atomic mass is 9.73. The Bertz CT molecular complexity index is 140. The van der Waals surface area contributed by atoms with E-state index in [0.717, 1.165) is 0 Å². The van der Waals surface area contributed by atoms with Crippen molar-refractivity contribution < 1.29 is 0 Å². The molecule has 0 saturated carbocycles. The molecule has 0 fully saturated rings. The fourth-order valence-electron chi connectivity index (χ4n) is 2.80. The van der Waals surface area contributed by atoms with Crippen LogP contribution in [0.25, 0.3) is 0 Å². The highest BCUT2D eigenvalue weighted by Crippen LogP contribution is 2.39. The van der Waals surface area contributed by atoms with Gasteiger partial charge in [0.1, 0.15) is 0 Å². The summed E-state index contributed by atoms with van der Waals surface area (Å²) in [5.74, 6) is 0. The molecule has 0 saturated heterocycles. The Morgan fingerprint density at radius 3 is 1.87 bits per heavy atom. The van der Waals surface area contributed by atoms with Crippen LogP contribution < -0.4 is 0 Å². The number of rotatable bonds is 10. The van der Waals surface area contributed by atoms with Gasteiger partial charge in [0.05, 0.1) is 0 Å². The second-order valence-corrected chi connectivity index (χ2v) is 4.95. The molecule has 0 rings (SSSR count). The SMILES string of the molecule is C=CCC(CCC)(CCC)CCCCC. The smallest absolute Gasteiger partial charge is 0.0263 e.